The summed E-state index contributed by atoms with van der Waals surface area (Å²) in [7, 11) is 1.82. The third-order valence-corrected chi connectivity index (χ3v) is 2.94. The number of anilines is 1. The molecule has 0 aliphatic heterocycles. The molecule has 1 heterocycles. The minimum atomic E-state index is 0.188. The van der Waals surface area contributed by atoms with Crippen molar-refractivity contribution in [2.45, 2.75) is 5.75 Å². The second-order valence-electron chi connectivity index (χ2n) is 2.65. The summed E-state index contributed by atoms with van der Waals surface area (Å²) in [5.41, 5.74) is 0.858. The summed E-state index contributed by atoms with van der Waals surface area (Å²) in [6.45, 7) is 0.188. The average molecular weight is 233 g/mol. The number of thioether (sulfide) groups is 1. The van der Waals surface area contributed by atoms with Gasteiger partial charge in [0, 0.05) is 18.6 Å². The van der Waals surface area contributed by atoms with Crippen molar-refractivity contribution >= 4 is 29.2 Å². The van der Waals surface area contributed by atoms with Gasteiger partial charge in [0.2, 0.25) is 0 Å². The minimum Gasteiger partial charge on any atom is -0.396 e. The van der Waals surface area contributed by atoms with E-state index in [4.69, 9.17) is 16.7 Å². The van der Waals surface area contributed by atoms with E-state index in [1.807, 2.05) is 19.2 Å². The molecule has 0 fully saturated rings. The Kier molecular flexibility index (Phi) is 5.07. The molecule has 14 heavy (non-hydrogen) atoms. The van der Waals surface area contributed by atoms with Gasteiger partial charge in [-0.05, 0) is 12.1 Å². The van der Waals surface area contributed by atoms with Crippen molar-refractivity contribution in [3.05, 3.63) is 22.8 Å². The van der Waals surface area contributed by atoms with E-state index < -0.39 is 0 Å². The van der Waals surface area contributed by atoms with Gasteiger partial charge in [0.05, 0.1) is 17.3 Å². The molecule has 0 aromatic carbocycles. The van der Waals surface area contributed by atoms with Crippen LogP contribution in [0.2, 0.25) is 5.02 Å². The van der Waals surface area contributed by atoms with Crippen molar-refractivity contribution in [3.63, 3.8) is 0 Å². The summed E-state index contributed by atoms with van der Waals surface area (Å²) in [4.78, 5) is 4.32. The maximum absolute atomic E-state index is 8.63. The quantitative estimate of drug-likeness (QED) is 0.763. The van der Waals surface area contributed by atoms with Crippen LogP contribution < -0.4 is 5.32 Å². The summed E-state index contributed by atoms with van der Waals surface area (Å²) in [5.74, 6) is 2.26. The molecule has 0 amide bonds. The predicted octanol–water partition coefficient (Wildman–Crippen LogP) is 2.00. The lowest BCUT2D eigenvalue weighted by molar-refractivity contribution is 0.322. The van der Waals surface area contributed by atoms with E-state index in [1.165, 1.54) is 0 Å². The van der Waals surface area contributed by atoms with Crippen LogP contribution in [-0.2, 0) is 5.75 Å². The van der Waals surface area contributed by atoms with Crippen molar-refractivity contribution in [1.29, 1.82) is 0 Å². The van der Waals surface area contributed by atoms with Crippen LogP contribution >= 0.6 is 23.4 Å². The van der Waals surface area contributed by atoms with Gasteiger partial charge in [-0.3, -0.25) is 0 Å². The van der Waals surface area contributed by atoms with Gasteiger partial charge in [-0.2, -0.15) is 11.8 Å². The number of rotatable bonds is 5. The highest BCUT2D eigenvalue weighted by Gasteiger charge is 2.03. The lowest BCUT2D eigenvalue weighted by atomic mass is 10.3. The number of hydrogen-bond acceptors (Lipinski definition) is 4. The number of halogens is 1. The molecule has 0 radical (unpaired) electrons. The van der Waals surface area contributed by atoms with Crippen molar-refractivity contribution in [2.75, 3.05) is 24.7 Å². The van der Waals surface area contributed by atoms with Crippen LogP contribution in [0, 0.1) is 0 Å². The second-order valence-corrected chi connectivity index (χ2v) is 4.16. The standard InChI is InChI=1S/C9H13ClN2OS/c1-11-9-3-2-7(10)8(12-9)6-14-5-4-13/h2-3,13H,4-6H2,1H3,(H,11,12). The predicted molar refractivity (Wildman–Crippen MR) is 62.0 cm³/mol. The van der Waals surface area contributed by atoms with E-state index in [0.717, 1.165) is 17.3 Å². The Labute approximate surface area is 92.9 Å². The van der Waals surface area contributed by atoms with E-state index in [2.05, 4.69) is 10.3 Å². The van der Waals surface area contributed by atoms with Gasteiger partial charge in [-0.1, -0.05) is 11.6 Å². The number of pyridine rings is 1. The molecule has 5 heteroatoms. The Morgan fingerprint density at radius 3 is 3.00 bits per heavy atom. The van der Waals surface area contributed by atoms with Crippen molar-refractivity contribution in [2.24, 2.45) is 0 Å². The minimum absolute atomic E-state index is 0.188. The third kappa shape index (κ3) is 3.36. The molecule has 78 valence electrons. The Bertz CT molecular complexity index is 296. The highest BCUT2D eigenvalue weighted by Crippen LogP contribution is 2.20. The van der Waals surface area contributed by atoms with Crippen LogP contribution in [0.15, 0.2) is 12.1 Å². The third-order valence-electron chi connectivity index (χ3n) is 1.65. The molecule has 3 nitrogen and oxygen atoms in total. The van der Waals surface area contributed by atoms with Crippen LogP contribution in [0.25, 0.3) is 0 Å². The normalized spacial score (nSPS) is 10.2. The molecule has 0 spiro atoms. The van der Waals surface area contributed by atoms with E-state index in [9.17, 15) is 0 Å². The van der Waals surface area contributed by atoms with Crippen LogP contribution in [0.5, 0.6) is 0 Å². The van der Waals surface area contributed by atoms with Gasteiger partial charge in [-0.25, -0.2) is 4.98 Å². The van der Waals surface area contributed by atoms with E-state index in [0.29, 0.717) is 10.8 Å². The van der Waals surface area contributed by atoms with Crippen LogP contribution in [0.1, 0.15) is 5.69 Å². The topological polar surface area (TPSA) is 45.1 Å². The molecule has 0 aliphatic rings. The smallest absolute Gasteiger partial charge is 0.126 e. The first-order valence-corrected chi connectivity index (χ1v) is 5.83. The molecular weight excluding hydrogens is 220 g/mol. The van der Waals surface area contributed by atoms with Gasteiger partial charge in [0.25, 0.3) is 0 Å². The largest absolute Gasteiger partial charge is 0.396 e. The van der Waals surface area contributed by atoms with Crippen LogP contribution in [0.4, 0.5) is 5.82 Å². The molecule has 0 aliphatic carbocycles. The number of aliphatic hydroxyl groups is 1. The van der Waals surface area contributed by atoms with Gasteiger partial charge in [0.1, 0.15) is 5.82 Å². The summed E-state index contributed by atoms with van der Waals surface area (Å²) in [6.07, 6.45) is 0. The number of nitrogens with one attached hydrogen (secondary N) is 1. The Morgan fingerprint density at radius 2 is 2.36 bits per heavy atom. The molecular formula is C9H13ClN2OS. The molecule has 1 rings (SSSR count). The SMILES string of the molecule is CNc1ccc(Cl)c(CSCCO)n1. The van der Waals surface area contributed by atoms with Crippen molar-refractivity contribution in [3.8, 4) is 0 Å². The molecule has 2 N–H and O–H groups in total. The zero-order chi connectivity index (χ0) is 10.4. The van der Waals surface area contributed by atoms with E-state index in [1.54, 1.807) is 11.8 Å². The van der Waals surface area contributed by atoms with E-state index in [-0.39, 0.29) is 6.61 Å². The first-order valence-electron chi connectivity index (χ1n) is 4.29. The van der Waals surface area contributed by atoms with Crippen molar-refractivity contribution in [1.82, 2.24) is 4.98 Å². The van der Waals surface area contributed by atoms with Gasteiger partial charge >= 0.3 is 0 Å². The lowest BCUT2D eigenvalue weighted by Crippen LogP contribution is -1.97. The number of nitrogens with zero attached hydrogens (tertiary/aromatic N) is 1. The Balaban J connectivity index is 2.64. The number of aliphatic hydroxyl groups excluding tert-OH is 1. The molecule has 0 saturated heterocycles. The summed E-state index contributed by atoms with van der Waals surface area (Å²) >= 11 is 7.58. The molecule has 0 saturated carbocycles. The van der Waals surface area contributed by atoms with Gasteiger partial charge in [0.15, 0.2) is 0 Å². The zero-order valence-corrected chi connectivity index (χ0v) is 9.53. The zero-order valence-electron chi connectivity index (χ0n) is 7.96. The highest BCUT2D eigenvalue weighted by molar-refractivity contribution is 7.98. The number of aromatic nitrogens is 1. The monoisotopic (exact) mass is 232 g/mol. The molecule has 1 aromatic rings. The fourth-order valence-corrected chi connectivity index (χ4v) is 1.90. The van der Waals surface area contributed by atoms with Gasteiger partial charge < -0.3 is 10.4 Å². The molecule has 0 unspecified atom stereocenters. The second kappa shape index (κ2) is 6.11. The van der Waals surface area contributed by atoms with Gasteiger partial charge in [-0.15, -0.1) is 0 Å². The van der Waals surface area contributed by atoms with Crippen molar-refractivity contribution < 1.29 is 5.11 Å². The highest BCUT2D eigenvalue weighted by atomic mass is 35.5. The summed E-state index contributed by atoms with van der Waals surface area (Å²) in [5, 5.41) is 12.3. The Morgan fingerprint density at radius 1 is 1.57 bits per heavy atom. The lowest BCUT2D eigenvalue weighted by Gasteiger charge is -2.05. The average Bonchev–Trinajstić information content (AvgIpc) is 2.21. The Hall–Kier alpha value is -0.450. The summed E-state index contributed by atoms with van der Waals surface area (Å²) < 4.78 is 0. The number of hydrogen-bond donors (Lipinski definition) is 2. The van der Waals surface area contributed by atoms with Crippen LogP contribution in [0.3, 0.4) is 0 Å². The first-order chi connectivity index (χ1) is 6.77. The molecule has 1 aromatic heterocycles. The first kappa shape index (κ1) is 11.6. The van der Waals surface area contributed by atoms with Crippen LogP contribution in [-0.4, -0.2) is 29.5 Å². The fraction of sp³-hybridized carbons (Fsp3) is 0.444. The molecule has 0 atom stereocenters. The van der Waals surface area contributed by atoms with E-state index >= 15 is 0 Å². The molecule has 0 bridgehead atoms. The fourth-order valence-electron chi connectivity index (χ4n) is 0.958. The maximum atomic E-state index is 8.63. The summed E-state index contributed by atoms with van der Waals surface area (Å²) in [6, 6.07) is 3.66. The maximum Gasteiger partial charge on any atom is 0.126 e.